The molecule has 0 aliphatic heterocycles. The van der Waals surface area contributed by atoms with Gasteiger partial charge in [-0.3, -0.25) is 0 Å². The zero-order valence-corrected chi connectivity index (χ0v) is 13.1. The molecule has 0 N–H and O–H groups in total. The van der Waals surface area contributed by atoms with Crippen molar-refractivity contribution in [3.8, 4) is 5.75 Å². The highest BCUT2D eigenvalue weighted by Gasteiger charge is 2.21. The molecule has 102 valence electrons. The van der Waals surface area contributed by atoms with Gasteiger partial charge in [0.25, 0.3) is 0 Å². The number of hydrogen-bond acceptors (Lipinski definition) is 3. The molecule has 0 atom stereocenters. The third kappa shape index (κ3) is 4.04. The highest BCUT2D eigenvalue weighted by atomic mass is 35.7. The molecule has 0 radical (unpaired) electrons. The number of ether oxygens (including phenoxy) is 1. The molecule has 0 unspecified atom stereocenters. The number of halogens is 2. The van der Waals surface area contributed by atoms with Crippen LogP contribution in [0.1, 0.15) is 31.9 Å². The summed E-state index contributed by atoms with van der Waals surface area (Å²) in [4.78, 5) is 0. The van der Waals surface area contributed by atoms with Crippen LogP contribution in [-0.2, 0) is 20.2 Å². The Bertz CT molecular complexity index is 545. The summed E-state index contributed by atoms with van der Waals surface area (Å²) in [6, 6.07) is 3.55. The van der Waals surface area contributed by atoms with Gasteiger partial charge in [-0.05, 0) is 17.0 Å². The fraction of sp³-hybridized carbons (Fsp3) is 0.500. The highest BCUT2D eigenvalue weighted by molar-refractivity contribution is 8.13. The minimum atomic E-state index is -3.66. The maximum absolute atomic E-state index is 11.2. The lowest BCUT2D eigenvalue weighted by Gasteiger charge is -2.21. The highest BCUT2D eigenvalue weighted by Crippen LogP contribution is 2.35. The second-order valence-corrected chi connectivity index (χ2v) is 8.27. The third-order valence-corrected chi connectivity index (χ3v) is 3.78. The van der Waals surface area contributed by atoms with Gasteiger partial charge in [-0.1, -0.05) is 38.4 Å². The van der Waals surface area contributed by atoms with Gasteiger partial charge in [-0.25, -0.2) is 8.42 Å². The molecule has 0 aromatic heterocycles. The maximum Gasteiger partial charge on any atom is 0.236 e. The maximum atomic E-state index is 11.2. The summed E-state index contributed by atoms with van der Waals surface area (Å²) in [5, 5.41) is 0.389. The molecule has 0 fully saturated rings. The first-order chi connectivity index (χ1) is 8.04. The summed E-state index contributed by atoms with van der Waals surface area (Å²) < 4.78 is 27.6. The average molecular weight is 311 g/mol. The Hall–Kier alpha value is -0.450. The average Bonchev–Trinajstić information content (AvgIpc) is 2.13. The van der Waals surface area contributed by atoms with Gasteiger partial charge >= 0.3 is 0 Å². The lowest BCUT2D eigenvalue weighted by molar-refractivity contribution is 0.410. The second-order valence-electron chi connectivity index (χ2n) is 5.08. The molecule has 3 nitrogen and oxygen atoms in total. The smallest absolute Gasteiger partial charge is 0.236 e. The van der Waals surface area contributed by atoms with Crippen molar-refractivity contribution in [1.29, 1.82) is 0 Å². The van der Waals surface area contributed by atoms with E-state index in [9.17, 15) is 8.42 Å². The SMILES string of the molecule is COc1c(Cl)cc(C(C)(C)C)cc1CS(=O)(=O)Cl. The van der Waals surface area contributed by atoms with Crippen LogP contribution < -0.4 is 4.74 Å². The Balaban J connectivity index is 3.42. The van der Waals surface area contributed by atoms with Crippen molar-refractivity contribution in [3.05, 3.63) is 28.3 Å². The molecule has 0 saturated heterocycles. The minimum Gasteiger partial charge on any atom is -0.495 e. The minimum absolute atomic E-state index is 0.138. The van der Waals surface area contributed by atoms with E-state index >= 15 is 0 Å². The zero-order valence-electron chi connectivity index (χ0n) is 10.8. The predicted octanol–water partition coefficient (Wildman–Crippen LogP) is 3.71. The molecule has 0 heterocycles. The van der Waals surface area contributed by atoms with Crippen LogP contribution in [0.25, 0.3) is 0 Å². The Morgan fingerprint density at radius 1 is 1.28 bits per heavy atom. The van der Waals surface area contributed by atoms with E-state index < -0.39 is 9.05 Å². The Morgan fingerprint density at radius 3 is 2.22 bits per heavy atom. The molecule has 18 heavy (non-hydrogen) atoms. The monoisotopic (exact) mass is 310 g/mol. The summed E-state index contributed by atoms with van der Waals surface area (Å²) in [6.45, 7) is 6.05. The van der Waals surface area contributed by atoms with Crippen LogP contribution in [0.5, 0.6) is 5.75 Å². The Kier molecular flexibility index (Phi) is 4.57. The van der Waals surface area contributed by atoms with Crippen LogP contribution in [0.2, 0.25) is 5.02 Å². The molecule has 0 aliphatic rings. The van der Waals surface area contributed by atoms with Gasteiger partial charge in [0.05, 0.1) is 17.9 Å². The van der Waals surface area contributed by atoms with E-state index in [1.807, 2.05) is 20.8 Å². The van der Waals surface area contributed by atoms with Crippen molar-refractivity contribution in [2.45, 2.75) is 31.9 Å². The van der Waals surface area contributed by atoms with Crippen molar-refractivity contribution in [3.63, 3.8) is 0 Å². The molecule has 0 saturated carbocycles. The van der Waals surface area contributed by atoms with Crippen molar-refractivity contribution in [2.75, 3.05) is 7.11 Å². The lowest BCUT2D eigenvalue weighted by Crippen LogP contribution is -2.12. The van der Waals surface area contributed by atoms with E-state index in [0.717, 1.165) is 5.56 Å². The first-order valence-corrected chi connectivity index (χ1v) is 8.19. The van der Waals surface area contributed by atoms with Crippen molar-refractivity contribution >= 4 is 31.3 Å². The van der Waals surface area contributed by atoms with Crippen LogP contribution >= 0.6 is 22.3 Å². The van der Waals surface area contributed by atoms with Crippen molar-refractivity contribution in [1.82, 2.24) is 0 Å². The van der Waals surface area contributed by atoms with E-state index in [2.05, 4.69) is 0 Å². The van der Waals surface area contributed by atoms with Crippen LogP contribution in [0.4, 0.5) is 0 Å². The lowest BCUT2D eigenvalue weighted by atomic mass is 9.86. The molecule has 0 amide bonds. The molecule has 0 aliphatic carbocycles. The van der Waals surface area contributed by atoms with E-state index in [0.29, 0.717) is 16.3 Å². The quantitative estimate of drug-likeness (QED) is 0.799. The van der Waals surface area contributed by atoms with E-state index in [1.54, 1.807) is 12.1 Å². The molecular formula is C12H16Cl2O3S. The first-order valence-electron chi connectivity index (χ1n) is 5.34. The molecular weight excluding hydrogens is 295 g/mol. The van der Waals surface area contributed by atoms with E-state index in [4.69, 9.17) is 27.0 Å². The van der Waals surface area contributed by atoms with Gasteiger partial charge in [-0.15, -0.1) is 0 Å². The molecule has 0 spiro atoms. The van der Waals surface area contributed by atoms with Crippen molar-refractivity contribution < 1.29 is 13.2 Å². The summed E-state index contributed by atoms with van der Waals surface area (Å²) in [7, 11) is 3.08. The number of rotatable bonds is 3. The van der Waals surface area contributed by atoms with Gasteiger partial charge in [0.2, 0.25) is 9.05 Å². The van der Waals surface area contributed by atoms with E-state index in [1.165, 1.54) is 7.11 Å². The normalized spacial score (nSPS) is 12.6. The predicted molar refractivity (Wildman–Crippen MR) is 75.2 cm³/mol. The fourth-order valence-electron chi connectivity index (χ4n) is 1.60. The Labute approximate surface area is 117 Å². The third-order valence-electron chi connectivity index (χ3n) is 2.52. The molecule has 1 rings (SSSR count). The molecule has 1 aromatic carbocycles. The van der Waals surface area contributed by atoms with E-state index in [-0.39, 0.29) is 11.2 Å². The van der Waals surface area contributed by atoms with Crippen LogP contribution in [0.15, 0.2) is 12.1 Å². The first kappa shape index (κ1) is 15.6. The van der Waals surface area contributed by atoms with Gasteiger partial charge < -0.3 is 4.74 Å². The zero-order chi connectivity index (χ0) is 14.1. The largest absolute Gasteiger partial charge is 0.495 e. The number of methoxy groups -OCH3 is 1. The van der Waals surface area contributed by atoms with Crippen LogP contribution in [-0.4, -0.2) is 15.5 Å². The Morgan fingerprint density at radius 2 is 1.83 bits per heavy atom. The fourth-order valence-corrected chi connectivity index (χ4v) is 2.86. The molecule has 0 bridgehead atoms. The van der Waals surface area contributed by atoms with Crippen molar-refractivity contribution in [2.24, 2.45) is 0 Å². The second kappa shape index (κ2) is 5.27. The van der Waals surface area contributed by atoms with Gasteiger partial charge in [-0.2, -0.15) is 0 Å². The van der Waals surface area contributed by atoms with Gasteiger partial charge in [0.1, 0.15) is 5.75 Å². The summed E-state index contributed by atoms with van der Waals surface area (Å²) in [5.74, 6) is 0.0513. The van der Waals surface area contributed by atoms with Crippen LogP contribution in [0, 0.1) is 0 Å². The standard InChI is InChI=1S/C12H16Cl2O3S/c1-12(2,3)9-5-8(7-18(14,15)16)11(17-4)10(13)6-9/h5-6H,7H2,1-4H3. The van der Waals surface area contributed by atoms with Gasteiger partial charge in [0, 0.05) is 16.2 Å². The summed E-state index contributed by atoms with van der Waals surface area (Å²) >= 11 is 6.11. The molecule has 1 aromatic rings. The van der Waals surface area contributed by atoms with Gasteiger partial charge in [0.15, 0.2) is 0 Å². The molecule has 6 heteroatoms. The topological polar surface area (TPSA) is 43.4 Å². The number of hydrogen-bond donors (Lipinski definition) is 0. The number of benzene rings is 1. The summed E-state index contributed by atoms with van der Waals surface area (Å²) in [5.41, 5.74) is 1.27. The van der Waals surface area contributed by atoms with Crippen LogP contribution in [0.3, 0.4) is 0 Å². The summed E-state index contributed by atoms with van der Waals surface area (Å²) in [6.07, 6.45) is 0.